The van der Waals surface area contributed by atoms with Crippen molar-refractivity contribution in [2.24, 2.45) is 5.92 Å². The Bertz CT molecular complexity index is 608. The lowest BCUT2D eigenvalue weighted by atomic mass is 10.0. The van der Waals surface area contributed by atoms with E-state index in [-0.39, 0.29) is 11.8 Å². The number of ether oxygens (including phenoxy) is 1. The largest absolute Gasteiger partial charge is 0.378 e. The zero-order valence-electron chi connectivity index (χ0n) is 14.1. The van der Waals surface area contributed by atoms with Crippen LogP contribution in [0, 0.1) is 12.8 Å². The number of hydrogen-bond acceptors (Lipinski definition) is 4. The zero-order valence-corrected chi connectivity index (χ0v) is 14.1. The number of hydrogen-bond donors (Lipinski definition) is 2. The minimum absolute atomic E-state index is 0.00115. The van der Waals surface area contributed by atoms with Gasteiger partial charge >= 0.3 is 0 Å². The predicted molar refractivity (Wildman–Crippen MR) is 92.1 cm³/mol. The summed E-state index contributed by atoms with van der Waals surface area (Å²) in [6.07, 6.45) is 2.53. The molecule has 6 heteroatoms. The smallest absolute Gasteiger partial charge is 0.254 e. The highest BCUT2D eigenvalue weighted by atomic mass is 16.5. The fourth-order valence-electron chi connectivity index (χ4n) is 2.85. The monoisotopic (exact) mass is 331 g/mol. The Morgan fingerprint density at radius 3 is 2.71 bits per heavy atom. The van der Waals surface area contributed by atoms with Crippen molar-refractivity contribution in [2.45, 2.75) is 19.8 Å². The van der Waals surface area contributed by atoms with Gasteiger partial charge in [0.05, 0.1) is 19.8 Å². The van der Waals surface area contributed by atoms with Crippen LogP contribution < -0.4 is 10.6 Å². The summed E-state index contributed by atoms with van der Waals surface area (Å²) < 4.78 is 5.29. The maximum Gasteiger partial charge on any atom is 0.254 e. The van der Waals surface area contributed by atoms with E-state index in [1.54, 1.807) is 4.90 Å². The maximum absolute atomic E-state index is 12.7. The van der Waals surface area contributed by atoms with Gasteiger partial charge in [-0.05, 0) is 49.9 Å². The van der Waals surface area contributed by atoms with Crippen LogP contribution in [0.3, 0.4) is 0 Å². The van der Waals surface area contributed by atoms with Crippen LogP contribution >= 0.6 is 0 Å². The molecule has 2 fully saturated rings. The molecule has 2 amide bonds. The highest BCUT2D eigenvalue weighted by Gasteiger charge is 2.22. The minimum atomic E-state index is -0.0743. The number of carbonyl (C=O) groups excluding carboxylic acids is 2. The molecule has 1 aliphatic heterocycles. The second kappa shape index (κ2) is 7.77. The van der Waals surface area contributed by atoms with Gasteiger partial charge in [0, 0.05) is 24.3 Å². The van der Waals surface area contributed by atoms with Gasteiger partial charge in [-0.1, -0.05) is 6.07 Å². The van der Waals surface area contributed by atoms with Crippen molar-refractivity contribution in [1.82, 2.24) is 10.2 Å². The van der Waals surface area contributed by atoms with E-state index in [2.05, 4.69) is 10.6 Å². The average molecular weight is 331 g/mol. The summed E-state index contributed by atoms with van der Waals surface area (Å²) in [6.45, 7) is 5.46. The molecule has 0 aromatic heterocycles. The first-order valence-corrected chi connectivity index (χ1v) is 8.62. The van der Waals surface area contributed by atoms with Gasteiger partial charge < -0.3 is 20.3 Å². The normalized spacial score (nSPS) is 17.6. The van der Waals surface area contributed by atoms with E-state index in [4.69, 9.17) is 4.74 Å². The van der Waals surface area contributed by atoms with Gasteiger partial charge in [-0.3, -0.25) is 9.59 Å². The van der Waals surface area contributed by atoms with Crippen LogP contribution in [0.15, 0.2) is 18.2 Å². The number of carbonyl (C=O) groups is 2. The molecule has 0 bridgehead atoms. The zero-order chi connectivity index (χ0) is 16.9. The quantitative estimate of drug-likeness (QED) is 0.827. The van der Waals surface area contributed by atoms with Crippen LogP contribution in [0.4, 0.5) is 5.69 Å². The summed E-state index contributed by atoms with van der Waals surface area (Å²) in [4.78, 5) is 26.5. The SMILES string of the molecule is Cc1c(NC(=O)CNCC2CC2)cccc1C(=O)N1CCOCC1. The Hall–Kier alpha value is -1.92. The molecule has 0 unspecified atom stereocenters. The molecule has 1 saturated carbocycles. The number of nitrogens with one attached hydrogen (secondary N) is 2. The fraction of sp³-hybridized carbons (Fsp3) is 0.556. The summed E-state index contributed by atoms with van der Waals surface area (Å²) in [6, 6.07) is 5.46. The number of benzene rings is 1. The molecule has 24 heavy (non-hydrogen) atoms. The summed E-state index contributed by atoms with van der Waals surface area (Å²) in [5.41, 5.74) is 2.15. The molecule has 3 rings (SSSR count). The molecule has 1 aromatic rings. The van der Waals surface area contributed by atoms with Crippen molar-refractivity contribution in [2.75, 3.05) is 44.7 Å². The molecule has 1 aromatic carbocycles. The Morgan fingerprint density at radius 2 is 2.00 bits per heavy atom. The molecule has 6 nitrogen and oxygen atoms in total. The van der Waals surface area contributed by atoms with E-state index in [0.717, 1.165) is 18.0 Å². The second-order valence-corrected chi connectivity index (χ2v) is 6.51. The van der Waals surface area contributed by atoms with E-state index in [0.29, 0.717) is 44.1 Å². The number of nitrogens with zero attached hydrogens (tertiary/aromatic N) is 1. The van der Waals surface area contributed by atoms with Gasteiger partial charge in [0.25, 0.3) is 5.91 Å². The third-order valence-electron chi connectivity index (χ3n) is 4.55. The van der Waals surface area contributed by atoms with Crippen LogP contribution in [-0.4, -0.2) is 56.1 Å². The van der Waals surface area contributed by atoms with Crippen LogP contribution in [0.5, 0.6) is 0 Å². The van der Waals surface area contributed by atoms with Crippen LogP contribution in [0.2, 0.25) is 0 Å². The lowest BCUT2D eigenvalue weighted by Crippen LogP contribution is -2.41. The number of anilines is 1. The van der Waals surface area contributed by atoms with Crippen molar-refractivity contribution in [3.05, 3.63) is 29.3 Å². The van der Waals surface area contributed by atoms with Gasteiger partial charge in [0.1, 0.15) is 0 Å². The van der Waals surface area contributed by atoms with Gasteiger partial charge in [-0.25, -0.2) is 0 Å². The predicted octanol–water partition coefficient (Wildman–Crippen LogP) is 1.41. The standard InChI is InChI=1S/C18H25N3O3/c1-13-15(18(23)21-7-9-24-10-8-21)3-2-4-16(13)20-17(22)12-19-11-14-5-6-14/h2-4,14,19H,5-12H2,1H3,(H,20,22). The number of morpholine rings is 1. The van der Waals surface area contributed by atoms with Gasteiger partial charge in [0.15, 0.2) is 0 Å². The highest BCUT2D eigenvalue weighted by molar-refractivity contribution is 5.99. The Labute approximate surface area is 142 Å². The van der Waals surface area contributed by atoms with Gasteiger partial charge in [0.2, 0.25) is 5.91 Å². The first kappa shape index (κ1) is 16.9. The lowest BCUT2D eigenvalue weighted by molar-refractivity contribution is -0.115. The van der Waals surface area contributed by atoms with Gasteiger partial charge in [-0.2, -0.15) is 0 Å². The third kappa shape index (κ3) is 4.33. The third-order valence-corrected chi connectivity index (χ3v) is 4.55. The average Bonchev–Trinajstić information content (AvgIpc) is 3.41. The molecular weight excluding hydrogens is 306 g/mol. The van der Waals surface area contributed by atoms with E-state index < -0.39 is 0 Å². The van der Waals surface area contributed by atoms with E-state index in [1.165, 1.54) is 12.8 Å². The van der Waals surface area contributed by atoms with Crippen molar-refractivity contribution >= 4 is 17.5 Å². The van der Waals surface area contributed by atoms with Crippen LogP contribution in [0.25, 0.3) is 0 Å². The first-order valence-electron chi connectivity index (χ1n) is 8.62. The van der Waals surface area contributed by atoms with Crippen molar-refractivity contribution < 1.29 is 14.3 Å². The fourth-order valence-corrected chi connectivity index (χ4v) is 2.85. The second-order valence-electron chi connectivity index (χ2n) is 6.51. The summed E-state index contributed by atoms with van der Waals surface area (Å²) in [5.74, 6) is 0.669. The molecule has 2 N–H and O–H groups in total. The van der Waals surface area contributed by atoms with Crippen LogP contribution in [-0.2, 0) is 9.53 Å². The molecule has 0 radical (unpaired) electrons. The Balaban J connectivity index is 1.61. The molecule has 1 aliphatic carbocycles. The maximum atomic E-state index is 12.7. The van der Waals surface area contributed by atoms with Crippen molar-refractivity contribution in [3.8, 4) is 0 Å². The summed E-state index contributed by atoms with van der Waals surface area (Å²) >= 11 is 0. The minimum Gasteiger partial charge on any atom is -0.378 e. The molecule has 0 spiro atoms. The van der Waals surface area contributed by atoms with E-state index >= 15 is 0 Å². The van der Waals surface area contributed by atoms with Crippen molar-refractivity contribution in [3.63, 3.8) is 0 Å². The summed E-state index contributed by atoms with van der Waals surface area (Å²) in [7, 11) is 0. The number of rotatable bonds is 6. The molecule has 0 atom stereocenters. The van der Waals surface area contributed by atoms with Crippen LogP contribution in [0.1, 0.15) is 28.8 Å². The van der Waals surface area contributed by atoms with Gasteiger partial charge in [-0.15, -0.1) is 0 Å². The Kier molecular flexibility index (Phi) is 5.48. The first-order chi connectivity index (χ1) is 11.6. The van der Waals surface area contributed by atoms with E-state index in [1.807, 2.05) is 25.1 Å². The topological polar surface area (TPSA) is 70.7 Å². The molecule has 130 valence electrons. The molecule has 2 aliphatic rings. The number of amides is 2. The summed E-state index contributed by atoms with van der Waals surface area (Å²) in [5, 5.41) is 6.08. The highest BCUT2D eigenvalue weighted by Crippen LogP contribution is 2.27. The van der Waals surface area contributed by atoms with Crippen molar-refractivity contribution in [1.29, 1.82) is 0 Å². The molecule has 1 heterocycles. The lowest BCUT2D eigenvalue weighted by Gasteiger charge is -2.27. The Morgan fingerprint density at radius 1 is 1.25 bits per heavy atom. The van der Waals surface area contributed by atoms with E-state index in [9.17, 15) is 9.59 Å². The molecule has 1 saturated heterocycles. The molecular formula is C18H25N3O3.